The van der Waals surface area contributed by atoms with Crippen LogP contribution < -0.4 is 10.6 Å². The molecule has 1 aliphatic carbocycles. The van der Waals surface area contributed by atoms with Crippen LogP contribution in [-0.2, 0) is 10.7 Å². The number of H-pyrrole nitrogens is 1. The van der Waals surface area contributed by atoms with Gasteiger partial charge in [-0.05, 0) is 64.5 Å². The van der Waals surface area contributed by atoms with Crippen LogP contribution in [-0.4, -0.2) is 82.3 Å². The second kappa shape index (κ2) is 9.58. The highest BCUT2D eigenvalue weighted by molar-refractivity contribution is 7.70. The van der Waals surface area contributed by atoms with Crippen molar-refractivity contribution in [1.29, 1.82) is 0 Å². The van der Waals surface area contributed by atoms with E-state index in [0.717, 1.165) is 57.8 Å². The van der Waals surface area contributed by atoms with Crippen LogP contribution in [0, 0.1) is 0 Å². The van der Waals surface area contributed by atoms with E-state index in [1.54, 1.807) is 37.4 Å². The molecule has 3 aromatic rings. The second-order valence-corrected chi connectivity index (χ2v) is 15.0. The van der Waals surface area contributed by atoms with Gasteiger partial charge in [0.25, 0.3) is 5.91 Å². The van der Waals surface area contributed by atoms with Crippen molar-refractivity contribution in [3.05, 3.63) is 35.7 Å². The van der Waals surface area contributed by atoms with Crippen LogP contribution in [0.1, 0.15) is 54.4 Å². The number of rotatable bonds is 1. The topological polar surface area (TPSA) is 94.2 Å². The van der Waals surface area contributed by atoms with Gasteiger partial charge < -0.3 is 19.8 Å². The van der Waals surface area contributed by atoms with E-state index < -0.39 is 18.9 Å². The van der Waals surface area contributed by atoms with Gasteiger partial charge in [-0.25, -0.2) is 9.97 Å². The minimum absolute atomic E-state index is 0.0159. The van der Waals surface area contributed by atoms with Gasteiger partial charge in [0.15, 0.2) is 0 Å². The standard InChI is InChI=1S/C28H34F3N6O2P/c1-36-12-4-5-13-37-16-17(8-9-27(37)10-11-27)34-26-33-15-21(28(29,30)31)22(35-26)20-14-32-23-18(20)6-7-19(25(36)38)24(23)40(2,3)39/h6-7,14-15,17,32H,4-5,8-13,16H2,1-3H3,(H,33,34,35). The fraction of sp³-hybridized carbons (Fsp3) is 0.536. The number of aromatic amines is 1. The van der Waals surface area contributed by atoms with Gasteiger partial charge in [-0.3, -0.25) is 9.69 Å². The van der Waals surface area contributed by atoms with Crippen molar-refractivity contribution < 1.29 is 22.5 Å². The highest BCUT2D eigenvalue weighted by Crippen LogP contribution is 2.49. The number of nitrogens with zero attached hydrogens (tertiary/aromatic N) is 4. The minimum atomic E-state index is -4.68. The summed E-state index contributed by atoms with van der Waals surface area (Å²) in [7, 11) is -1.29. The van der Waals surface area contributed by atoms with Crippen LogP contribution in [0.25, 0.3) is 22.2 Å². The zero-order valence-corrected chi connectivity index (χ0v) is 23.8. The fourth-order valence-electron chi connectivity index (χ4n) is 6.43. The zero-order valence-electron chi connectivity index (χ0n) is 22.9. The first-order chi connectivity index (χ1) is 18.9. The highest BCUT2D eigenvalue weighted by Gasteiger charge is 2.50. The van der Waals surface area contributed by atoms with Crippen LogP contribution in [0.2, 0.25) is 0 Å². The SMILES string of the molecule is CN1CCCCN2CC(CCC23CC3)Nc2ncc(C(F)(F)F)c(n2)-c2c[nH]c3c(P(C)(C)=O)c(ccc23)C1=O. The largest absolute Gasteiger partial charge is 0.419 e. The number of piperidine rings is 1. The van der Waals surface area contributed by atoms with E-state index in [1.165, 1.54) is 6.20 Å². The van der Waals surface area contributed by atoms with Gasteiger partial charge in [0.2, 0.25) is 5.95 Å². The number of hydrogen-bond acceptors (Lipinski definition) is 6. The number of nitrogens with one attached hydrogen (secondary N) is 2. The molecular weight excluding hydrogens is 540 g/mol. The molecule has 1 aromatic carbocycles. The quantitative estimate of drug-likeness (QED) is 0.390. The normalized spacial score (nSPS) is 23.4. The number of hydrogen-bond donors (Lipinski definition) is 2. The van der Waals surface area contributed by atoms with E-state index in [9.17, 15) is 22.5 Å². The Morgan fingerprint density at radius 1 is 1.10 bits per heavy atom. The van der Waals surface area contributed by atoms with Gasteiger partial charge in [-0.2, -0.15) is 13.2 Å². The fourth-order valence-corrected chi connectivity index (χ4v) is 7.90. The Morgan fingerprint density at radius 3 is 2.55 bits per heavy atom. The molecule has 2 aromatic heterocycles. The third kappa shape index (κ3) is 4.81. The van der Waals surface area contributed by atoms with E-state index >= 15 is 0 Å². The van der Waals surface area contributed by atoms with Gasteiger partial charge in [0.05, 0.1) is 16.8 Å². The monoisotopic (exact) mass is 574 g/mol. The number of anilines is 1. The maximum Gasteiger partial charge on any atom is 0.419 e. The number of alkyl halides is 3. The molecule has 2 atom stereocenters. The van der Waals surface area contributed by atoms with Gasteiger partial charge in [-0.15, -0.1) is 0 Å². The predicted octanol–water partition coefficient (Wildman–Crippen LogP) is 5.17. The van der Waals surface area contributed by atoms with E-state index in [4.69, 9.17) is 0 Å². The number of halogens is 3. The molecule has 1 amide bonds. The molecule has 1 spiro atoms. The average molecular weight is 575 g/mol. The maximum absolute atomic E-state index is 14.2. The number of aromatic nitrogens is 3. The molecule has 3 aliphatic heterocycles. The summed E-state index contributed by atoms with van der Waals surface area (Å²) in [5.74, 6) is -0.0974. The first-order valence-electron chi connectivity index (χ1n) is 13.8. The summed E-state index contributed by atoms with van der Waals surface area (Å²) in [5, 5.41) is 4.09. The molecule has 0 radical (unpaired) electrons. The molecule has 2 fully saturated rings. The van der Waals surface area contributed by atoms with Crippen molar-refractivity contribution in [2.24, 2.45) is 0 Å². The predicted molar refractivity (Wildman–Crippen MR) is 150 cm³/mol. The van der Waals surface area contributed by atoms with E-state index in [1.807, 2.05) is 0 Å². The summed E-state index contributed by atoms with van der Waals surface area (Å²) in [6, 6.07) is 3.22. The molecule has 8 nitrogen and oxygen atoms in total. The molecule has 12 heteroatoms. The van der Waals surface area contributed by atoms with E-state index in [-0.39, 0.29) is 34.7 Å². The molecule has 2 unspecified atom stereocenters. The van der Waals surface area contributed by atoms with Crippen molar-refractivity contribution in [3.63, 3.8) is 0 Å². The third-order valence-electron chi connectivity index (χ3n) is 8.70. The van der Waals surface area contributed by atoms with Crippen LogP contribution >= 0.6 is 7.14 Å². The second-order valence-electron chi connectivity index (χ2n) is 11.9. The lowest BCUT2D eigenvalue weighted by Gasteiger charge is -2.40. The summed E-state index contributed by atoms with van der Waals surface area (Å²) in [4.78, 5) is 29.3. The lowest BCUT2D eigenvalue weighted by atomic mass is 9.95. The van der Waals surface area contributed by atoms with E-state index in [0.29, 0.717) is 28.3 Å². The van der Waals surface area contributed by atoms with Crippen molar-refractivity contribution >= 4 is 35.2 Å². The van der Waals surface area contributed by atoms with Crippen LogP contribution in [0.3, 0.4) is 0 Å². The van der Waals surface area contributed by atoms with Gasteiger partial charge >= 0.3 is 6.18 Å². The summed E-state index contributed by atoms with van der Waals surface area (Å²) in [5.41, 5.74) is -0.0695. The smallest absolute Gasteiger partial charge is 0.360 e. The van der Waals surface area contributed by atoms with Crippen molar-refractivity contribution in [1.82, 2.24) is 24.8 Å². The maximum atomic E-state index is 14.2. The minimum Gasteiger partial charge on any atom is -0.360 e. The van der Waals surface area contributed by atoms with Crippen molar-refractivity contribution in [3.8, 4) is 11.3 Å². The Hall–Kier alpha value is -2.91. The Labute approximate surface area is 231 Å². The lowest BCUT2D eigenvalue weighted by molar-refractivity contribution is -0.137. The van der Waals surface area contributed by atoms with Crippen LogP contribution in [0.5, 0.6) is 0 Å². The van der Waals surface area contributed by atoms with Gasteiger partial charge in [0, 0.05) is 60.4 Å². The number of carbonyl (C=O) groups is 1. The molecule has 8 bridgehead atoms. The molecular formula is C28H34F3N6O2P. The lowest BCUT2D eigenvalue weighted by Crippen LogP contribution is -2.50. The number of benzene rings is 1. The van der Waals surface area contributed by atoms with E-state index in [2.05, 4.69) is 25.2 Å². The Morgan fingerprint density at radius 2 is 1.85 bits per heavy atom. The molecule has 5 heterocycles. The number of carbonyl (C=O) groups excluding carboxylic acids is 1. The Balaban J connectivity index is 1.52. The summed E-state index contributed by atoms with van der Waals surface area (Å²) in [6.07, 6.45) is 3.61. The molecule has 4 aliphatic rings. The summed E-state index contributed by atoms with van der Waals surface area (Å²) >= 11 is 0. The van der Waals surface area contributed by atoms with Gasteiger partial charge in [-0.1, -0.05) is 6.07 Å². The Kier molecular flexibility index (Phi) is 6.53. The first-order valence-corrected chi connectivity index (χ1v) is 16.4. The first kappa shape index (κ1) is 27.3. The molecule has 40 heavy (non-hydrogen) atoms. The third-order valence-corrected chi connectivity index (χ3v) is 10.2. The number of amides is 1. The average Bonchev–Trinajstić information content (AvgIpc) is 3.53. The van der Waals surface area contributed by atoms with Crippen molar-refractivity contribution in [2.45, 2.75) is 56.3 Å². The van der Waals surface area contributed by atoms with Crippen molar-refractivity contribution in [2.75, 3.05) is 45.3 Å². The van der Waals surface area contributed by atoms with Crippen LogP contribution in [0.4, 0.5) is 19.1 Å². The summed E-state index contributed by atoms with van der Waals surface area (Å²) in [6.45, 7) is 5.36. The Bertz CT molecular complexity index is 1530. The summed E-state index contributed by atoms with van der Waals surface area (Å²) < 4.78 is 56.1. The molecule has 2 N–H and O–H groups in total. The highest BCUT2D eigenvalue weighted by atomic mass is 31.2. The molecule has 214 valence electrons. The molecule has 1 saturated carbocycles. The molecule has 1 saturated heterocycles. The zero-order chi connectivity index (χ0) is 28.4. The molecule has 7 rings (SSSR count). The number of fused-ring (bicyclic) bond motifs is 6. The van der Waals surface area contributed by atoms with Gasteiger partial charge in [0.1, 0.15) is 12.7 Å². The van der Waals surface area contributed by atoms with Crippen LogP contribution in [0.15, 0.2) is 24.5 Å².